The van der Waals surface area contributed by atoms with Gasteiger partial charge in [0.15, 0.2) is 0 Å². The van der Waals surface area contributed by atoms with Crippen LogP contribution in [-0.2, 0) is 10.0 Å². The predicted octanol–water partition coefficient (Wildman–Crippen LogP) is 2.19. The Labute approximate surface area is 123 Å². The molecule has 1 aliphatic rings. The van der Waals surface area contributed by atoms with Crippen LogP contribution in [0.25, 0.3) is 0 Å². The molecule has 0 unspecified atom stereocenters. The number of hydrogen-bond acceptors (Lipinski definition) is 4. The van der Waals surface area contributed by atoms with Crippen LogP contribution in [0.3, 0.4) is 0 Å². The summed E-state index contributed by atoms with van der Waals surface area (Å²) in [4.78, 5) is 0.891. The van der Waals surface area contributed by atoms with Gasteiger partial charge in [0, 0.05) is 13.1 Å². The molecule has 1 aliphatic carbocycles. The van der Waals surface area contributed by atoms with E-state index in [1.54, 1.807) is 16.4 Å². The molecule has 0 aliphatic heterocycles. The summed E-state index contributed by atoms with van der Waals surface area (Å²) in [5, 5.41) is 0. The monoisotopic (exact) mass is 318 g/mol. The molecule has 0 radical (unpaired) electrons. The van der Waals surface area contributed by atoms with Crippen molar-refractivity contribution in [3.63, 3.8) is 0 Å². The average molecular weight is 318 g/mol. The quantitative estimate of drug-likeness (QED) is 0.817. The van der Waals surface area contributed by atoms with Crippen molar-refractivity contribution < 1.29 is 8.42 Å². The first kappa shape index (κ1) is 14.9. The number of nitrogens with zero attached hydrogens (tertiary/aromatic N) is 1. The van der Waals surface area contributed by atoms with Crippen molar-refractivity contribution in [3.8, 4) is 0 Å². The third-order valence-electron chi connectivity index (χ3n) is 3.46. The van der Waals surface area contributed by atoms with Crippen molar-refractivity contribution in [2.75, 3.05) is 13.1 Å². The van der Waals surface area contributed by atoms with Crippen LogP contribution in [0, 0.1) is 5.92 Å². The zero-order valence-corrected chi connectivity index (χ0v) is 13.3. The van der Waals surface area contributed by atoms with E-state index in [0.717, 1.165) is 24.2 Å². The minimum Gasteiger partial charge on any atom is -0.389 e. The summed E-state index contributed by atoms with van der Waals surface area (Å²) < 4.78 is 26.9. The zero-order valence-electron chi connectivity index (χ0n) is 10.8. The van der Waals surface area contributed by atoms with Gasteiger partial charge in [0.1, 0.15) is 9.20 Å². The van der Waals surface area contributed by atoms with Gasteiger partial charge in [-0.25, -0.2) is 8.42 Å². The summed E-state index contributed by atoms with van der Waals surface area (Å²) in [5.41, 5.74) is 5.52. The molecule has 1 aromatic heterocycles. The fraction of sp³-hybridized carbons (Fsp3) is 0.583. The van der Waals surface area contributed by atoms with Gasteiger partial charge in [0.25, 0.3) is 10.0 Å². The molecule has 1 heterocycles. The topological polar surface area (TPSA) is 63.4 Å². The fourth-order valence-corrected chi connectivity index (χ4v) is 5.11. The second-order valence-corrected chi connectivity index (χ2v) is 8.42. The van der Waals surface area contributed by atoms with Gasteiger partial charge < -0.3 is 5.73 Å². The van der Waals surface area contributed by atoms with Gasteiger partial charge in [-0.05, 0) is 30.9 Å². The van der Waals surface area contributed by atoms with Gasteiger partial charge >= 0.3 is 0 Å². The number of sulfonamides is 1. The highest BCUT2D eigenvalue weighted by molar-refractivity contribution is 7.91. The summed E-state index contributed by atoms with van der Waals surface area (Å²) in [7, 11) is -3.40. The highest BCUT2D eigenvalue weighted by Crippen LogP contribution is 2.30. The van der Waals surface area contributed by atoms with Crippen molar-refractivity contribution in [2.45, 2.75) is 30.4 Å². The van der Waals surface area contributed by atoms with Crippen molar-refractivity contribution in [3.05, 3.63) is 17.0 Å². The van der Waals surface area contributed by atoms with Crippen molar-refractivity contribution in [2.24, 2.45) is 11.7 Å². The third-order valence-corrected chi connectivity index (χ3v) is 7.33. The standard InChI is InChI=1S/C12H18N2O2S3/c1-2-14(8-9-4-3-5-9)19(15,16)11-7-6-10(18-11)12(13)17/h6-7,9H,2-5,8H2,1H3,(H2,13,17). The Kier molecular flexibility index (Phi) is 4.60. The lowest BCUT2D eigenvalue weighted by Gasteiger charge is -2.30. The predicted molar refractivity (Wildman–Crippen MR) is 82.0 cm³/mol. The lowest BCUT2D eigenvalue weighted by atomic mass is 9.85. The first-order valence-corrected chi connectivity index (χ1v) is 9.01. The Balaban J connectivity index is 2.20. The fourth-order valence-electron chi connectivity index (χ4n) is 2.08. The van der Waals surface area contributed by atoms with E-state index in [1.165, 1.54) is 6.42 Å². The number of hydrogen-bond donors (Lipinski definition) is 1. The SMILES string of the molecule is CCN(CC1CCC1)S(=O)(=O)c1ccc(C(N)=S)s1. The van der Waals surface area contributed by atoms with Crippen LogP contribution in [-0.4, -0.2) is 30.8 Å². The molecule has 106 valence electrons. The highest BCUT2D eigenvalue weighted by atomic mass is 32.2. The van der Waals surface area contributed by atoms with E-state index >= 15 is 0 Å². The van der Waals surface area contributed by atoms with E-state index in [-0.39, 0.29) is 4.99 Å². The minimum atomic E-state index is -3.40. The van der Waals surface area contributed by atoms with Gasteiger partial charge in [0.05, 0.1) is 4.88 Å². The number of nitrogens with two attached hydrogens (primary N) is 1. The van der Waals surface area contributed by atoms with Gasteiger partial charge in [-0.3, -0.25) is 0 Å². The molecule has 0 aromatic carbocycles. The summed E-state index contributed by atoms with van der Waals surface area (Å²) >= 11 is 6.02. The van der Waals surface area contributed by atoms with E-state index in [0.29, 0.717) is 28.1 Å². The van der Waals surface area contributed by atoms with E-state index in [9.17, 15) is 8.42 Å². The maximum atomic E-state index is 12.5. The molecule has 2 rings (SSSR count). The summed E-state index contributed by atoms with van der Waals surface area (Å²) in [6, 6.07) is 3.27. The second kappa shape index (κ2) is 5.87. The second-order valence-electron chi connectivity index (χ2n) is 4.74. The van der Waals surface area contributed by atoms with Gasteiger partial charge in [-0.15, -0.1) is 11.3 Å². The summed E-state index contributed by atoms with van der Waals surface area (Å²) in [6.07, 6.45) is 3.48. The Morgan fingerprint density at radius 3 is 2.63 bits per heavy atom. The normalized spacial score (nSPS) is 16.5. The molecule has 7 heteroatoms. The third kappa shape index (κ3) is 3.16. The Bertz CT molecular complexity index is 561. The Morgan fingerprint density at radius 1 is 1.53 bits per heavy atom. The molecule has 0 bridgehead atoms. The molecule has 0 saturated heterocycles. The van der Waals surface area contributed by atoms with E-state index in [1.807, 2.05) is 6.92 Å². The van der Waals surface area contributed by atoms with Gasteiger partial charge in [-0.1, -0.05) is 25.6 Å². The molecule has 4 nitrogen and oxygen atoms in total. The Morgan fingerprint density at radius 2 is 2.21 bits per heavy atom. The van der Waals surface area contributed by atoms with Crippen LogP contribution in [0.1, 0.15) is 31.1 Å². The Hall–Kier alpha value is -0.500. The molecule has 1 aromatic rings. The first-order chi connectivity index (χ1) is 8.95. The molecular weight excluding hydrogens is 300 g/mol. The van der Waals surface area contributed by atoms with Crippen LogP contribution in [0.2, 0.25) is 0 Å². The summed E-state index contributed by atoms with van der Waals surface area (Å²) in [5.74, 6) is 0.518. The lowest BCUT2D eigenvalue weighted by molar-refractivity contribution is 0.250. The van der Waals surface area contributed by atoms with E-state index in [4.69, 9.17) is 18.0 Å². The number of thiophene rings is 1. The molecule has 19 heavy (non-hydrogen) atoms. The van der Waals surface area contributed by atoms with Gasteiger partial charge in [-0.2, -0.15) is 4.31 Å². The van der Waals surface area contributed by atoms with Crippen LogP contribution in [0.15, 0.2) is 16.3 Å². The van der Waals surface area contributed by atoms with Crippen LogP contribution in [0.5, 0.6) is 0 Å². The molecule has 0 amide bonds. The number of thiocarbonyl (C=S) groups is 1. The molecule has 0 atom stereocenters. The van der Waals surface area contributed by atoms with Crippen molar-refractivity contribution in [1.82, 2.24) is 4.31 Å². The molecule has 2 N–H and O–H groups in total. The van der Waals surface area contributed by atoms with Crippen LogP contribution in [0.4, 0.5) is 0 Å². The van der Waals surface area contributed by atoms with E-state index in [2.05, 4.69) is 0 Å². The summed E-state index contributed by atoms with van der Waals surface area (Å²) in [6.45, 7) is 3.00. The minimum absolute atomic E-state index is 0.244. The van der Waals surface area contributed by atoms with Crippen LogP contribution >= 0.6 is 23.6 Å². The largest absolute Gasteiger partial charge is 0.389 e. The highest BCUT2D eigenvalue weighted by Gasteiger charge is 2.29. The average Bonchev–Trinajstić information content (AvgIpc) is 2.77. The molecule has 0 spiro atoms. The maximum absolute atomic E-state index is 12.5. The molecule has 1 fully saturated rings. The zero-order chi connectivity index (χ0) is 14.0. The smallest absolute Gasteiger partial charge is 0.252 e. The van der Waals surface area contributed by atoms with Gasteiger partial charge in [0.2, 0.25) is 0 Å². The number of rotatable bonds is 6. The van der Waals surface area contributed by atoms with E-state index < -0.39 is 10.0 Å². The molecule has 1 saturated carbocycles. The lowest BCUT2D eigenvalue weighted by Crippen LogP contribution is -2.36. The van der Waals surface area contributed by atoms with Crippen LogP contribution < -0.4 is 5.73 Å². The maximum Gasteiger partial charge on any atom is 0.252 e. The van der Waals surface area contributed by atoms with Crippen molar-refractivity contribution >= 4 is 38.6 Å². The van der Waals surface area contributed by atoms with Crippen molar-refractivity contribution in [1.29, 1.82) is 0 Å². The first-order valence-electron chi connectivity index (χ1n) is 6.35. The molecular formula is C12H18N2O2S3.